The topological polar surface area (TPSA) is 57.8 Å². The highest BCUT2D eigenvalue weighted by atomic mass is 16.5. The summed E-state index contributed by atoms with van der Waals surface area (Å²) in [6.07, 6.45) is 0. The molecule has 3 nitrogen and oxygen atoms in total. The van der Waals surface area contributed by atoms with Crippen LogP contribution in [0, 0.1) is 5.92 Å². The molecule has 9 heavy (non-hydrogen) atoms. The molecule has 56 valence electrons. The molecule has 3 heteroatoms. The molecule has 0 saturated heterocycles. The number of hydrogen-bond donors (Lipinski definition) is 0. The van der Waals surface area contributed by atoms with Crippen LogP contribution in [0.25, 0.3) is 0 Å². The van der Waals surface area contributed by atoms with Gasteiger partial charge in [0.05, 0.1) is 12.5 Å². The lowest BCUT2D eigenvalue weighted by Gasteiger charge is -2.01. The first-order valence-electron chi connectivity index (χ1n) is 2.85. The smallest absolute Gasteiger partial charge is 0.308 e. The zero-order valence-electron chi connectivity index (χ0n) is 6.10. The number of carbonyl (C=O) groups is 1. The van der Waals surface area contributed by atoms with Crippen LogP contribution >= 0.6 is 0 Å². The minimum absolute atomic E-state index is 0. The molecule has 0 saturated carbocycles. The molecule has 0 bridgehead atoms. The summed E-state index contributed by atoms with van der Waals surface area (Å²) in [5, 5.41) is 0. The number of ether oxygens (including phenoxy) is 1. The maximum atomic E-state index is 10.5. The summed E-state index contributed by atoms with van der Waals surface area (Å²) in [4.78, 5) is 10.5. The number of carbonyl (C=O) groups excluding carboxylic acids is 1. The highest BCUT2D eigenvalue weighted by Gasteiger charge is 2.04. The van der Waals surface area contributed by atoms with Gasteiger partial charge in [-0.25, -0.2) is 0 Å². The van der Waals surface area contributed by atoms with E-state index in [0.717, 1.165) is 0 Å². The van der Waals surface area contributed by atoms with Gasteiger partial charge in [0, 0.05) is 0 Å². The van der Waals surface area contributed by atoms with E-state index in [0.29, 0.717) is 6.61 Å². The van der Waals surface area contributed by atoms with Crippen LogP contribution in [0.15, 0.2) is 0 Å². The average Bonchev–Trinajstić information content (AvgIpc) is 1.67. The highest BCUT2D eigenvalue weighted by Crippen LogP contribution is 1.93. The summed E-state index contributed by atoms with van der Waals surface area (Å²) < 4.78 is 4.66. The van der Waals surface area contributed by atoms with Crippen molar-refractivity contribution in [1.29, 1.82) is 0 Å². The first-order chi connectivity index (χ1) is 3.68. The van der Waals surface area contributed by atoms with Gasteiger partial charge in [0.25, 0.3) is 0 Å². The molecule has 0 aromatic rings. The summed E-state index contributed by atoms with van der Waals surface area (Å²) in [6.45, 7) is 5.92. The van der Waals surface area contributed by atoms with Crippen LogP contribution in [0.2, 0.25) is 0 Å². The van der Waals surface area contributed by atoms with E-state index in [9.17, 15) is 4.79 Å². The molecule has 0 spiro atoms. The molecule has 0 aliphatic carbocycles. The molecule has 2 N–H and O–H groups in total. The van der Waals surface area contributed by atoms with Crippen LogP contribution in [0.1, 0.15) is 20.8 Å². The summed E-state index contributed by atoms with van der Waals surface area (Å²) in [5.74, 6) is -0.109. The molecule has 0 aromatic heterocycles. The first-order valence-corrected chi connectivity index (χ1v) is 2.85. The zero-order valence-corrected chi connectivity index (χ0v) is 6.10. The molecule has 0 fully saturated rings. The zero-order chi connectivity index (χ0) is 6.57. The fourth-order valence-electron chi connectivity index (χ4n) is 0.309. The summed E-state index contributed by atoms with van der Waals surface area (Å²) in [7, 11) is 0. The third-order valence-corrected chi connectivity index (χ3v) is 0.758. The molecule has 0 aliphatic rings. The van der Waals surface area contributed by atoms with Gasteiger partial charge >= 0.3 is 5.97 Å². The van der Waals surface area contributed by atoms with Crippen molar-refractivity contribution >= 4 is 5.97 Å². The van der Waals surface area contributed by atoms with E-state index in [1.54, 1.807) is 6.92 Å². The maximum absolute atomic E-state index is 10.5. The van der Waals surface area contributed by atoms with Gasteiger partial charge in [-0.15, -0.1) is 0 Å². The monoisotopic (exact) mass is 134 g/mol. The van der Waals surface area contributed by atoms with Crippen molar-refractivity contribution < 1.29 is 15.0 Å². The molecule has 0 unspecified atom stereocenters. The lowest BCUT2D eigenvalue weighted by molar-refractivity contribution is -0.146. The first kappa shape index (κ1) is 11.3. The van der Waals surface area contributed by atoms with Crippen molar-refractivity contribution in [3.8, 4) is 0 Å². The Hall–Kier alpha value is -0.570. The molecule has 0 rings (SSSR count). The van der Waals surface area contributed by atoms with E-state index < -0.39 is 0 Å². The van der Waals surface area contributed by atoms with Gasteiger partial charge in [-0.2, -0.15) is 0 Å². The van der Waals surface area contributed by atoms with Gasteiger partial charge in [-0.1, -0.05) is 13.8 Å². The van der Waals surface area contributed by atoms with E-state index in [-0.39, 0.29) is 17.4 Å². The van der Waals surface area contributed by atoms with Crippen molar-refractivity contribution in [1.82, 2.24) is 0 Å². The van der Waals surface area contributed by atoms with Gasteiger partial charge in [0.2, 0.25) is 0 Å². The molecule has 0 radical (unpaired) electrons. The fourth-order valence-corrected chi connectivity index (χ4v) is 0.309. The Kier molecular flexibility index (Phi) is 6.96. The fraction of sp³-hybridized carbons (Fsp3) is 0.833. The largest absolute Gasteiger partial charge is 0.466 e. The number of hydrogen-bond acceptors (Lipinski definition) is 2. The van der Waals surface area contributed by atoms with Crippen molar-refractivity contribution in [2.75, 3.05) is 6.61 Å². The predicted octanol–water partition coefficient (Wildman–Crippen LogP) is 0.381. The van der Waals surface area contributed by atoms with Crippen molar-refractivity contribution in [3.63, 3.8) is 0 Å². The molecule has 0 amide bonds. The van der Waals surface area contributed by atoms with Gasteiger partial charge in [0.15, 0.2) is 0 Å². The Bertz CT molecular complexity index is 78.4. The third kappa shape index (κ3) is 5.30. The molecule has 0 heterocycles. The Labute approximate surface area is 55.3 Å². The number of rotatable bonds is 2. The van der Waals surface area contributed by atoms with Crippen LogP contribution in [-0.2, 0) is 9.53 Å². The van der Waals surface area contributed by atoms with E-state index in [1.807, 2.05) is 13.8 Å². The average molecular weight is 134 g/mol. The SMILES string of the molecule is CCOC(=O)C(C)C.O. The molecule has 0 aromatic carbocycles. The van der Waals surface area contributed by atoms with E-state index >= 15 is 0 Å². The van der Waals surface area contributed by atoms with Gasteiger partial charge in [-0.3, -0.25) is 4.79 Å². The normalized spacial score (nSPS) is 8.44. The second kappa shape index (κ2) is 5.56. The van der Waals surface area contributed by atoms with Crippen LogP contribution < -0.4 is 0 Å². The second-order valence-corrected chi connectivity index (χ2v) is 1.91. The second-order valence-electron chi connectivity index (χ2n) is 1.91. The summed E-state index contributed by atoms with van der Waals surface area (Å²) in [5.41, 5.74) is 0. The Morgan fingerprint density at radius 1 is 1.56 bits per heavy atom. The van der Waals surface area contributed by atoms with Gasteiger partial charge < -0.3 is 10.2 Å². The lowest BCUT2D eigenvalue weighted by Crippen LogP contribution is -2.10. The highest BCUT2D eigenvalue weighted by molar-refractivity contribution is 5.71. The summed E-state index contributed by atoms with van der Waals surface area (Å²) in [6, 6.07) is 0. The lowest BCUT2D eigenvalue weighted by atomic mass is 10.2. The minimum Gasteiger partial charge on any atom is -0.466 e. The van der Waals surface area contributed by atoms with Crippen LogP contribution in [0.4, 0.5) is 0 Å². The molecular formula is C6H14O3. The minimum atomic E-state index is -0.118. The van der Waals surface area contributed by atoms with Gasteiger partial charge in [0.1, 0.15) is 0 Å². The standard InChI is InChI=1S/C6H12O2.H2O/c1-4-8-6(7)5(2)3;/h5H,4H2,1-3H3;1H2. The Morgan fingerprint density at radius 2 is 2.00 bits per heavy atom. The quantitative estimate of drug-likeness (QED) is 0.512. The number of esters is 1. The van der Waals surface area contributed by atoms with Crippen molar-refractivity contribution in [3.05, 3.63) is 0 Å². The third-order valence-electron chi connectivity index (χ3n) is 0.758. The van der Waals surface area contributed by atoms with E-state index in [4.69, 9.17) is 0 Å². The Balaban J connectivity index is 0. The predicted molar refractivity (Wildman–Crippen MR) is 35.1 cm³/mol. The van der Waals surface area contributed by atoms with E-state index in [1.165, 1.54) is 0 Å². The summed E-state index contributed by atoms with van der Waals surface area (Å²) >= 11 is 0. The van der Waals surface area contributed by atoms with E-state index in [2.05, 4.69) is 4.74 Å². The molecule has 0 atom stereocenters. The van der Waals surface area contributed by atoms with Crippen molar-refractivity contribution in [2.45, 2.75) is 20.8 Å². The Morgan fingerprint density at radius 3 is 2.11 bits per heavy atom. The van der Waals surface area contributed by atoms with Crippen molar-refractivity contribution in [2.24, 2.45) is 5.92 Å². The van der Waals surface area contributed by atoms with Crippen LogP contribution in [0.5, 0.6) is 0 Å². The molecular weight excluding hydrogens is 120 g/mol. The molecule has 0 aliphatic heterocycles. The van der Waals surface area contributed by atoms with Crippen LogP contribution in [-0.4, -0.2) is 18.1 Å². The van der Waals surface area contributed by atoms with Gasteiger partial charge in [-0.05, 0) is 6.92 Å². The maximum Gasteiger partial charge on any atom is 0.308 e. The van der Waals surface area contributed by atoms with Crippen LogP contribution in [0.3, 0.4) is 0 Å².